The zero-order valence-electron chi connectivity index (χ0n) is 13.8. The van der Waals surface area contributed by atoms with Crippen molar-refractivity contribution in [3.8, 4) is 0 Å². The van der Waals surface area contributed by atoms with Crippen molar-refractivity contribution in [3.63, 3.8) is 0 Å². The maximum atomic E-state index is 12.4. The SMILES string of the molecule is CCCCCNc1ccc(C(=O)N(C)C2CCS(=O)(=O)C2)nc1. The molecule has 1 atom stereocenters. The van der Waals surface area contributed by atoms with Crippen LogP contribution in [0.2, 0.25) is 0 Å². The van der Waals surface area contributed by atoms with E-state index in [0.717, 1.165) is 18.7 Å². The van der Waals surface area contributed by atoms with Gasteiger partial charge in [0.15, 0.2) is 9.84 Å². The molecule has 0 saturated carbocycles. The zero-order valence-corrected chi connectivity index (χ0v) is 14.6. The van der Waals surface area contributed by atoms with E-state index in [1.54, 1.807) is 19.3 Å². The summed E-state index contributed by atoms with van der Waals surface area (Å²) in [5.74, 6) is -0.0278. The van der Waals surface area contributed by atoms with Crippen LogP contribution < -0.4 is 5.32 Å². The number of nitrogens with one attached hydrogen (secondary N) is 1. The number of hydrogen-bond acceptors (Lipinski definition) is 5. The molecule has 1 N–H and O–H groups in total. The second kappa shape index (κ2) is 7.77. The minimum absolute atomic E-state index is 0.0479. The van der Waals surface area contributed by atoms with Gasteiger partial charge in [0.2, 0.25) is 0 Å². The van der Waals surface area contributed by atoms with Crippen molar-refractivity contribution < 1.29 is 13.2 Å². The number of unbranched alkanes of at least 4 members (excludes halogenated alkanes) is 2. The number of aromatic nitrogens is 1. The second-order valence-electron chi connectivity index (χ2n) is 6.04. The standard InChI is InChI=1S/C16H25N3O3S/c1-3-4-5-9-17-13-6-7-15(18-11-13)16(20)19(2)14-8-10-23(21,22)12-14/h6-7,11,14,17H,3-5,8-10,12H2,1-2H3. The number of carbonyl (C=O) groups excluding carboxylic acids is 1. The van der Waals surface area contributed by atoms with Gasteiger partial charge in [0, 0.05) is 19.6 Å². The van der Waals surface area contributed by atoms with Crippen LogP contribution in [0.15, 0.2) is 18.3 Å². The van der Waals surface area contributed by atoms with Gasteiger partial charge in [0.05, 0.1) is 23.4 Å². The monoisotopic (exact) mass is 339 g/mol. The van der Waals surface area contributed by atoms with Crippen LogP contribution in [0.5, 0.6) is 0 Å². The van der Waals surface area contributed by atoms with Crippen molar-refractivity contribution in [1.82, 2.24) is 9.88 Å². The van der Waals surface area contributed by atoms with Gasteiger partial charge in [0.25, 0.3) is 5.91 Å². The van der Waals surface area contributed by atoms with E-state index < -0.39 is 9.84 Å². The van der Waals surface area contributed by atoms with Crippen LogP contribution >= 0.6 is 0 Å². The average molecular weight is 339 g/mol. The summed E-state index contributed by atoms with van der Waals surface area (Å²) in [4.78, 5) is 18.1. The Bertz CT molecular complexity index is 628. The number of carbonyl (C=O) groups is 1. The van der Waals surface area contributed by atoms with E-state index in [4.69, 9.17) is 0 Å². The van der Waals surface area contributed by atoms with Crippen molar-refractivity contribution in [2.75, 3.05) is 30.4 Å². The summed E-state index contributed by atoms with van der Waals surface area (Å²) in [7, 11) is -1.36. The first-order chi connectivity index (χ1) is 10.9. The minimum Gasteiger partial charge on any atom is -0.384 e. The van der Waals surface area contributed by atoms with Gasteiger partial charge >= 0.3 is 0 Å². The van der Waals surface area contributed by atoms with E-state index in [-0.39, 0.29) is 23.5 Å². The Morgan fingerprint density at radius 3 is 2.74 bits per heavy atom. The molecule has 0 aliphatic carbocycles. The molecule has 7 heteroatoms. The lowest BCUT2D eigenvalue weighted by Gasteiger charge is -2.23. The van der Waals surface area contributed by atoms with E-state index >= 15 is 0 Å². The highest BCUT2D eigenvalue weighted by atomic mass is 32.2. The number of rotatable bonds is 7. The molecule has 1 aromatic rings. The number of hydrogen-bond donors (Lipinski definition) is 1. The third kappa shape index (κ3) is 4.92. The lowest BCUT2D eigenvalue weighted by Crippen LogP contribution is -2.38. The third-order valence-corrected chi connectivity index (χ3v) is 5.92. The lowest BCUT2D eigenvalue weighted by atomic mass is 10.2. The number of anilines is 1. The summed E-state index contributed by atoms with van der Waals surface area (Å²) in [6.45, 7) is 3.05. The van der Waals surface area contributed by atoms with Crippen molar-refractivity contribution in [3.05, 3.63) is 24.0 Å². The van der Waals surface area contributed by atoms with Crippen LogP contribution in [0.1, 0.15) is 43.1 Å². The second-order valence-corrected chi connectivity index (χ2v) is 8.27. The smallest absolute Gasteiger partial charge is 0.272 e. The molecule has 1 amide bonds. The molecular formula is C16H25N3O3S. The molecule has 1 aliphatic heterocycles. The van der Waals surface area contributed by atoms with E-state index in [9.17, 15) is 13.2 Å². The Morgan fingerprint density at radius 1 is 1.39 bits per heavy atom. The highest BCUT2D eigenvalue weighted by Gasteiger charge is 2.33. The Kier molecular flexibility index (Phi) is 5.98. The molecule has 1 aromatic heterocycles. The Labute approximate surface area is 138 Å². The quantitative estimate of drug-likeness (QED) is 0.768. The van der Waals surface area contributed by atoms with Gasteiger partial charge in [-0.3, -0.25) is 4.79 Å². The van der Waals surface area contributed by atoms with Crippen molar-refractivity contribution in [2.45, 2.75) is 38.6 Å². The molecule has 0 bridgehead atoms. The predicted octanol–water partition coefficient (Wildman–Crippen LogP) is 1.94. The Hall–Kier alpha value is -1.63. The van der Waals surface area contributed by atoms with Gasteiger partial charge in [-0.25, -0.2) is 13.4 Å². The molecule has 128 valence electrons. The molecule has 2 heterocycles. The lowest BCUT2D eigenvalue weighted by molar-refractivity contribution is 0.0742. The van der Waals surface area contributed by atoms with Crippen molar-refractivity contribution in [1.29, 1.82) is 0 Å². The maximum absolute atomic E-state index is 12.4. The molecule has 1 aliphatic rings. The van der Waals surface area contributed by atoms with E-state index in [1.165, 1.54) is 17.7 Å². The van der Waals surface area contributed by atoms with Crippen LogP contribution in [0, 0.1) is 0 Å². The third-order valence-electron chi connectivity index (χ3n) is 4.17. The molecule has 23 heavy (non-hydrogen) atoms. The number of nitrogens with zero attached hydrogens (tertiary/aromatic N) is 2. The highest BCUT2D eigenvalue weighted by Crippen LogP contribution is 2.18. The summed E-state index contributed by atoms with van der Waals surface area (Å²) in [5, 5.41) is 3.27. The summed E-state index contributed by atoms with van der Waals surface area (Å²) in [5.41, 5.74) is 1.24. The molecule has 0 aromatic carbocycles. The van der Waals surface area contributed by atoms with Crippen LogP contribution in [0.25, 0.3) is 0 Å². The molecular weight excluding hydrogens is 314 g/mol. The molecule has 1 fully saturated rings. The van der Waals surface area contributed by atoms with Crippen LogP contribution in [-0.2, 0) is 9.84 Å². The van der Waals surface area contributed by atoms with Crippen LogP contribution in [-0.4, -0.2) is 55.3 Å². The van der Waals surface area contributed by atoms with E-state index in [2.05, 4.69) is 17.2 Å². The van der Waals surface area contributed by atoms with Gasteiger partial charge < -0.3 is 10.2 Å². The summed E-state index contributed by atoms with van der Waals surface area (Å²) < 4.78 is 23.1. The van der Waals surface area contributed by atoms with E-state index in [0.29, 0.717) is 12.1 Å². The summed E-state index contributed by atoms with van der Waals surface area (Å²) in [6.07, 6.45) is 5.62. The molecule has 1 unspecified atom stereocenters. The highest BCUT2D eigenvalue weighted by molar-refractivity contribution is 7.91. The number of amides is 1. The van der Waals surface area contributed by atoms with Crippen molar-refractivity contribution >= 4 is 21.4 Å². The van der Waals surface area contributed by atoms with Gasteiger partial charge in [-0.15, -0.1) is 0 Å². The van der Waals surface area contributed by atoms with E-state index in [1.807, 2.05) is 6.07 Å². The molecule has 6 nitrogen and oxygen atoms in total. The average Bonchev–Trinajstić information content (AvgIpc) is 2.91. The van der Waals surface area contributed by atoms with Crippen LogP contribution in [0.4, 0.5) is 5.69 Å². The van der Waals surface area contributed by atoms with Crippen LogP contribution in [0.3, 0.4) is 0 Å². The zero-order chi connectivity index (χ0) is 16.9. The van der Waals surface area contributed by atoms with Gasteiger partial charge in [0.1, 0.15) is 5.69 Å². The fourth-order valence-electron chi connectivity index (χ4n) is 2.66. The Balaban J connectivity index is 1.92. The maximum Gasteiger partial charge on any atom is 0.272 e. The predicted molar refractivity (Wildman–Crippen MR) is 91.4 cm³/mol. The molecule has 2 rings (SSSR count). The Morgan fingerprint density at radius 2 is 2.17 bits per heavy atom. The molecule has 0 spiro atoms. The first-order valence-corrected chi connectivity index (χ1v) is 9.92. The largest absolute Gasteiger partial charge is 0.384 e. The topological polar surface area (TPSA) is 79.4 Å². The summed E-state index contributed by atoms with van der Waals surface area (Å²) >= 11 is 0. The fourth-order valence-corrected chi connectivity index (χ4v) is 4.43. The normalized spacial score (nSPS) is 19.5. The molecule has 0 radical (unpaired) electrons. The van der Waals surface area contributed by atoms with Gasteiger partial charge in [-0.1, -0.05) is 19.8 Å². The fraction of sp³-hybridized carbons (Fsp3) is 0.625. The summed E-state index contributed by atoms with van der Waals surface area (Å²) in [6, 6.07) is 3.27. The van der Waals surface area contributed by atoms with Gasteiger partial charge in [-0.2, -0.15) is 0 Å². The van der Waals surface area contributed by atoms with Crippen molar-refractivity contribution in [2.24, 2.45) is 0 Å². The number of pyridine rings is 1. The molecule has 1 saturated heterocycles. The number of sulfone groups is 1. The first-order valence-electron chi connectivity index (χ1n) is 8.10. The minimum atomic E-state index is -3.00. The first kappa shape index (κ1) is 17.7. The van der Waals surface area contributed by atoms with Gasteiger partial charge in [-0.05, 0) is 25.0 Å².